The number of carbonyl (C=O) groups excluding carboxylic acids is 1. The molecule has 1 amide bonds. The molecule has 2 aromatic rings. The van der Waals surface area contributed by atoms with Gasteiger partial charge in [-0.1, -0.05) is 18.2 Å². The summed E-state index contributed by atoms with van der Waals surface area (Å²) in [6, 6.07) is 8.17. The number of hydrogen-bond acceptors (Lipinski definition) is 3. The minimum atomic E-state index is -0.539. The molecular weight excluding hydrogens is 232 g/mol. The van der Waals surface area contributed by atoms with Gasteiger partial charge in [0.15, 0.2) is 0 Å². The Morgan fingerprint density at radius 3 is 2.71 bits per heavy atom. The molecule has 0 spiro atoms. The van der Waals surface area contributed by atoms with E-state index < -0.39 is 5.41 Å². The summed E-state index contributed by atoms with van der Waals surface area (Å²) in [4.78, 5) is 12.0. The zero-order chi connectivity index (χ0) is 12.5. The Hall–Kier alpha value is -1.39. The Labute approximate surface area is 105 Å². The number of hydrazine groups is 1. The first-order chi connectivity index (χ1) is 8.07. The van der Waals surface area contributed by atoms with Crippen LogP contribution in [0.4, 0.5) is 0 Å². The zero-order valence-electron chi connectivity index (χ0n) is 10.2. The Morgan fingerprint density at radius 2 is 2.00 bits per heavy atom. The quantitative estimate of drug-likeness (QED) is 0.819. The number of amides is 1. The van der Waals surface area contributed by atoms with Gasteiger partial charge in [0.05, 0.1) is 5.41 Å². The molecule has 0 atom stereocenters. The fourth-order valence-electron chi connectivity index (χ4n) is 1.85. The fourth-order valence-corrected chi connectivity index (χ4v) is 2.98. The Morgan fingerprint density at radius 1 is 1.29 bits per heavy atom. The number of rotatable bonds is 3. The van der Waals surface area contributed by atoms with Crippen LogP contribution in [-0.2, 0) is 10.2 Å². The largest absolute Gasteiger partial charge is 0.291 e. The highest BCUT2D eigenvalue weighted by Crippen LogP contribution is 2.34. The Bertz CT molecular complexity index is 545. The fraction of sp³-hybridized carbons (Fsp3) is 0.308. The minimum absolute atomic E-state index is 0.0245. The Balaban J connectivity index is 2.48. The van der Waals surface area contributed by atoms with Crippen LogP contribution in [0, 0.1) is 0 Å². The highest BCUT2D eigenvalue weighted by Gasteiger charge is 2.31. The van der Waals surface area contributed by atoms with Gasteiger partial charge in [-0.3, -0.25) is 10.2 Å². The highest BCUT2D eigenvalue weighted by molar-refractivity contribution is 7.17. The predicted octanol–water partition coefficient (Wildman–Crippen LogP) is 2.43. The van der Waals surface area contributed by atoms with E-state index >= 15 is 0 Å². The van der Waals surface area contributed by atoms with E-state index in [0.717, 1.165) is 10.9 Å². The van der Waals surface area contributed by atoms with Gasteiger partial charge < -0.3 is 0 Å². The van der Waals surface area contributed by atoms with Crippen molar-refractivity contribution < 1.29 is 4.79 Å². The summed E-state index contributed by atoms with van der Waals surface area (Å²) >= 11 is 1.68. The maximum Gasteiger partial charge on any atom is 0.244 e. The number of fused-ring (bicyclic) bond motifs is 1. The third-order valence-electron chi connectivity index (χ3n) is 2.96. The van der Waals surface area contributed by atoms with Gasteiger partial charge in [0.2, 0.25) is 5.91 Å². The van der Waals surface area contributed by atoms with Crippen LogP contribution in [0.15, 0.2) is 29.6 Å². The van der Waals surface area contributed by atoms with Gasteiger partial charge in [-0.2, -0.15) is 0 Å². The molecule has 90 valence electrons. The van der Waals surface area contributed by atoms with Crippen molar-refractivity contribution >= 4 is 27.3 Å². The van der Waals surface area contributed by atoms with E-state index in [9.17, 15) is 4.79 Å². The normalized spacial score (nSPS) is 11.7. The van der Waals surface area contributed by atoms with Crippen LogP contribution >= 0.6 is 11.3 Å². The van der Waals surface area contributed by atoms with Gasteiger partial charge in [0.25, 0.3) is 0 Å². The molecule has 0 bridgehead atoms. The number of carbonyl (C=O) groups is 1. The van der Waals surface area contributed by atoms with Crippen LogP contribution in [0.5, 0.6) is 0 Å². The van der Waals surface area contributed by atoms with E-state index in [1.807, 2.05) is 26.0 Å². The predicted molar refractivity (Wildman–Crippen MR) is 72.1 cm³/mol. The maximum absolute atomic E-state index is 12.0. The lowest BCUT2D eigenvalue weighted by Crippen LogP contribution is -2.45. The van der Waals surface area contributed by atoms with Crippen molar-refractivity contribution in [2.75, 3.05) is 7.05 Å². The molecule has 1 aromatic carbocycles. The van der Waals surface area contributed by atoms with Gasteiger partial charge >= 0.3 is 0 Å². The second-order valence-corrected chi connectivity index (χ2v) is 5.39. The van der Waals surface area contributed by atoms with Crippen molar-refractivity contribution in [3.8, 4) is 0 Å². The molecule has 1 heterocycles. The van der Waals surface area contributed by atoms with Crippen LogP contribution in [-0.4, -0.2) is 13.0 Å². The Kier molecular flexibility index (Phi) is 3.17. The summed E-state index contributed by atoms with van der Waals surface area (Å²) < 4.78 is 1.22. The number of nitrogens with one attached hydrogen (secondary N) is 2. The van der Waals surface area contributed by atoms with Crippen LogP contribution < -0.4 is 10.9 Å². The average Bonchev–Trinajstić information content (AvgIpc) is 2.73. The first-order valence-corrected chi connectivity index (χ1v) is 6.39. The standard InChI is InChI=1S/C13H16N2OS/c1-13(2,12(16)15-14-3)10-8-17-11-7-5-4-6-9(10)11/h4-8,14H,1-3H3,(H,15,16). The van der Waals surface area contributed by atoms with Crippen molar-refractivity contribution in [3.05, 3.63) is 35.2 Å². The summed E-state index contributed by atoms with van der Waals surface area (Å²) in [6.07, 6.45) is 0. The molecule has 0 saturated heterocycles. The van der Waals surface area contributed by atoms with Crippen molar-refractivity contribution in [1.82, 2.24) is 10.9 Å². The van der Waals surface area contributed by atoms with Crippen LogP contribution in [0.2, 0.25) is 0 Å². The molecule has 0 aliphatic heterocycles. The summed E-state index contributed by atoms with van der Waals surface area (Å²) in [5.41, 5.74) is 5.88. The second kappa shape index (κ2) is 4.47. The average molecular weight is 248 g/mol. The molecule has 0 aliphatic rings. The molecule has 0 aliphatic carbocycles. The summed E-state index contributed by atoms with van der Waals surface area (Å²) in [5, 5.41) is 3.23. The molecule has 0 unspecified atom stereocenters. The van der Waals surface area contributed by atoms with E-state index in [0.29, 0.717) is 0 Å². The molecule has 4 heteroatoms. The van der Waals surface area contributed by atoms with Crippen LogP contribution in [0.25, 0.3) is 10.1 Å². The van der Waals surface area contributed by atoms with E-state index in [4.69, 9.17) is 0 Å². The van der Waals surface area contributed by atoms with Crippen molar-refractivity contribution in [2.45, 2.75) is 19.3 Å². The monoisotopic (exact) mass is 248 g/mol. The molecule has 2 N–H and O–H groups in total. The van der Waals surface area contributed by atoms with E-state index in [2.05, 4.69) is 28.4 Å². The van der Waals surface area contributed by atoms with Crippen molar-refractivity contribution in [1.29, 1.82) is 0 Å². The van der Waals surface area contributed by atoms with E-state index in [-0.39, 0.29) is 5.91 Å². The molecule has 0 radical (unpaired) electrons. The number of hydrogen-bond donors (Lipinski definition) is 2. The molecule has 17 heavy (non-hydrogen) atoms. The van der Waals surface area contributed by atoms with Gasteiger partial charge in [0.1, 0.15) is 0 Å². The summed E-state index contributed by atoms with van der Waals surface area (Å²) in [5.74, 6) is -0.0245. The van der Waals surface area contributed by atoms with Crippen molar-refractivity contribution in [3.63, 3.8) is 0 Å². The molecular formula is C13H16N2OS. The first kappa shape index (κ1) is 12.1. The summed E-state index contributed by atoms with van der Waals surface area (Å²) in [7, 11) is 1.69. The second-order valence-electron chi connectivity index (χ2n) is 4.47. The van der Waals surface area contributed by atoms with Gasteiger partial charge in [-0.25, -0.2) is 5.43 Å². The third-order valence-corrected chi connectivity index (χ3v) is 3.92. The van der Waals surface area contributed by atoms with Gasteiger partial charge in [0, 0.05) is 11.7 Å². The van der Waals surface area contributed by atoms with E-state index in [1.165, 1.54) is 4.70 Å². The zero-order valence-corrected chi connectivity index (χ0v) is 11.0. The lowest BCUT2D eigenvalue weighted by atomic mass is 9.84. The van der Waals surface area contributed by atoms with Gasteiger partial charge in [-0.15, -0.1) is 11.3 Å². The number of benzene rings is 1. The molecule has 3 nitrogen and oxygen atoms in total. The van der Waals surface area contributed by atoms with Gasteiger partial charge in [-0.05, 0) is 36.2 Å². The van der Waals surface area contributed by atoms with E-state index in [1.54, 1.807) is 18.4 Å². The molecule has 0 fully saturated rings. The molecule has 1 aromatic heterocycles. The smallest absolute Gasteiger partial charge is 0.244 e. The topological polar surface area (TPSA) is 41.1 Å². The highest BCUT2D eigenvalue weighted by atomic mass is 32.1. The number of thiophene rings is 1. The maximum atomic E-state index is 12.0. The SMILES string of the molecule is CNNC(=O)C(C)(C)c1csc2ccccc12. The lowest BCUT2D eigenvalue weighted by molar-refractivity contribution is -0.126. The van der Waals surface area contributed by atoms with Crippen molar-refractivity contribution in [2.24, 2.45) is 0 Å². The third kappa shape index (κ3) is 2.06. The molecule has 2 rings (SSSR count). The lowest BCUT2D eigenvalue weighted by Gasteiger charge is -2.23. The van der Waals surface area contributed by atoms with Crippen LogP contribution in [0.3, 0.4) is 0 Å². The summed E-state index contributed by atoms with van der Waals surface area (Å²) in [6.45, 7) is 3.88. The molecule has 0 saturated carbocycles. The van der Waals surface area contributed by atoms with Crippen LogP contribution in [0.1, 0.15) is 19.4 Å². The first-order valence-electron chi connectivity index (χ1n) is 5.51. The minimum Gasteiger partial charge on any atom is -0.291 e.